The van der Waals surface area contributed by atoms with E-state index in [9.17, 15) is 0 Å². The molecule has 2 aliphatic rings. The second-order valence-corrected chi connectivity index (χ2v) is 14.2. The first-order valence-electron chi connectivity index (χ1n) is 18.8. The number of para-hydroxylation sites is 2. The number of hydrogen-bond acceptors (Lipinski definition) is 5. The molecule has 0 atom stereocenters. The van der Waals surface area contributed by atoms with Gasteiger partial charge in [-0.3, -0.25) is 4.98 Å². The Hall–Kier alpha value is -7.50. The summed E-state index contributed by atoms with van der Waals surface area (Å²) in [7, 11) is 0. The van der Waals surface area contributed by atoms with Gasteiger partial charge in [-0.1, -0.05) is 152 Å². The van der Waals surface area contributed by atoms with Crippen LogP contribution in [0.4, 0.5) is 0 Å². The van der Waals surface area contributed by atoms with Gasteiger partial charge < -0.3 is 4.74 Å². The smallest absolute Gasteiger partial charge is 0.164 e. The molecule has 0 saturated carbocycles. The highest BCUT2D eigenvalue weighted by Crippen LogP contribution is 2.61. The topological polar surface area (TPSA) is 60.8 Å². The first-order valence-corrected chi connectivity index (χ1v) is 18.8. The summed E-state index contributed by atoms with van der Waals surface area (Å²) in [6.45, 7) is 0. The van der Waals surface area contributed by atoms with Crippen molar-refractivity contribution in [2.75, 3.05) is 0 Å². The lowest BCUT2D eigenvalue weighted by atomic mass is 9.66. The number of nitrogens with zero attached hydrogens (tertiary/aromatic N) is 4. The molecule has 1 aliphatic heterocycles. The zero-order valence-electron chi connectivity index (χ0n) is 30.2. The van der Waals surface area contributed by atoms with E-state index in [1.54, 1.807) is 0 Å². The Kier molecular flexibility index (Phi) is 7.32. The fourth-order valence-electron chi connectivity index (χ4n) is 8.54. The van der Waals surface area contributed by atoms with E-state index in [4.69, 9.17) is 24.7 Å². The number of pyridine rings is 1. The highest BCUT2D eigenvalue weighted by molar-refractivity contribution is 5.89. The number of aromatic nitrogens is 4. The fraction of sp³-hybridized carbons (Fsp3) is 0.0196. The van der Waals surface area contributed by atoms with E-state index in [0.717, 1.165) is 72.8 Å². The van der Waals surface area contributed by atoms with Gasteiger partial charge in [0.25, 0.3) is 0 Å². The minimum absolute atomic E-state index is 0.575. The van der Waals surface area contributed by atoms with E-state index in [0.29, 0.717) is 17.5 Å². The third-order valence-corrected chi connectivity index (χ3v) is 11.0. The summed E-state index contributed by atoms with van der Waals surface area (Å²) in [4.78, 5) is 19.8. The minimum Gasteiger partial charge on any atom is -0.457 e. The third-order valence-electron chi connectivity index (χ3n) is 11.0. The lowest BCUT2D eigenvalue weighted by molar-refractivity contribution is 0.436. The molecule has 3 heterocycles. The third kappa shape index (κ3) is 5.02. The number of benzene rings is 7. The minimum atomic E-state index is -0.575. The van der Waals surface area contributed by atoms with E-state index in [1.165, 1.54) is 11.1 Å². The maximum absolute atomic E-state index is 6.54. The largest absolute Gasteiger partial charge is 0.457 e. The van der Waals surface area contributed by atoms with Crippen molar-refractivity contribution in [2.24, 2.45) is 0 Å². The van der Waals surface area contributed by atoms with Crippen molar-refractivity contribution in [1.29, 1.82) is 0 Å². The molecule has 0 saturated heterocycles. The Balaban J connectivity index is 1.03. The van der Waals surface area contributed by atoms with Gasteiger partial charge in [-0.15, -0.1) is 0 Å². The molecule has 1 spiro atoms. The molecule has 11 rings (SSSR count). The second-order valence-electron chi connectivity index (χ2n) is 14.2. The van der Waals surface area contributed by atoms with Crippen LogP contribution in [0.1, 0.15) is 22.3 Å². The summed E-state index contributed by atoms with van der Waals surface area (Å²) in [6.07, 6.45) is 1.90. The van der Waals surface area contributed by atoms with Crippen molar-refractivity contribution in [3.05, 3.63) is 217 Å². The summed E-state index contributed by atoms with van der Waals surface area (Å²) in [5, 5.41) is 0. The summed E-state index contributed by atoms with van der Waals surface area (Å²) in [6, 6.07) is 65.4. The first-order chi connectivity index (χ1) is 27.7. The predicted molar refractivity (Wildman–Crippen MR) is 222 cm³/mol. The van der Waals surface area contributed by atoms with Crippen LogP contribution >= 0.6 is 0 Å². The lowest BCUT2D eigenvalue weighted by Crippen LogP contribution is -2.32. The quantitative estimate of drug-likeness (QED) is 0.177. The van der Waals surface area contributed by atoms with Crippen molar-refractivity contribution >= 4 is 0 Å². The normalized spacial score (nSPS) is 12.9. The molecule has 9 aromatic rings. The zero-order valence-corrected chi connectivity index (χ0v) is 30.2. The van der Waals surface area contributed by atoms with Crippen LogP contribution in [-0.2, 0) is 5.41 Å². The van der Waals surface area contributed by atoms with E-state index < -0.39 is 5.41 Å². The standard InChI is InChI=1S/C51H32N4O/c1-3-14-33(15-4-1)48-53-49(34-16-5-2-6-17-34)55-50(54-48)39-21-12-20-37(31-39)35-18-11-19-36(30-35)38-27-28-40-44(32-38)51(43-24-13-29-52-47(40)43)41-22-7-9-25-45(41)56-46-26-10-8-23-42(46)51/h1-32H. The van der Waals surface area contributed by atoms with Gasteiger partial charge >= 0.3 is 0 Å². The molecule has 0 radical (unpaired) electrons. The van der Waals surface area contributed by atoms with Crippen molar-refractivity contribution in [2.45, 2.75) is 5.41 Å². The summed E-state index contributed by atoms with van der Waals surface area (Å²) < 4.78 is 6.54. The average molecular weight is 717 g/mol. The molecule has 5 nitrogen and oxygen atoms in total. The number of fused-ring (bicyclic) bond motifs is 9. The van der Waals surface area contributed by atoms with Crippen molar-refractivity contribution in [3.8, 4) is 79.2 Å². The van der Waals surface area contributed by atoms with Crippen LogP contribution in [-0.4, -0.2) is 19.9 Å². The maximum atomic E-state index is 6.54. The highest BCUT2D eigenvalue weighted by Gasteiger charge is 2.51. The average Bonchev–Trinajstić information content (AvgIpc) is 3.57. The molecule has 2 aromatic heterocycles. The van der Waals surface area contributed by atoms with Crippen LogP contribution in [0.15, 0.2) is 194 Å². The fourth-order valence-corrected chi connectivity index (χ4v) is 8.54. The molecule has 262 valence electrons. The van der Waals surface area contributed by atoms with Crippen molar-refractivity contribution in [3.63, 3.8) is 0 Å². The van der Waals surface area contributed by atoms with Gasteiger partial charge in [0.2, 0.25) is 0 Å². The summed E-state index contributed by atoms with van der Waals surface area (Å²) in [5.41, 5.74) is 13.5. The molecule has 0 unspecified atom stereocenters. The van der Waals surface area contributed by atoms with Crippen LogP contribution in [0.5, 0.6) is 11.5 Å². The maximum Gasteiger partial charge on any atom is 0.164 e. The van der Waals surface area contributed by atoms with E-state index >= 15 is 0 Å². The Bertz CT molecular complexity index is 2860. The van der Waals surface area contributed by atoms with Gasteiger partial charge in [-0.2, -0.15) is 0 Å². The molecule has 0 fully saturated rings. The van der Waals surface area contributed by atoms with E-state index in [1.807, 2.05) is 85.1 Å². The predicted octanol–water partition coefficient (Wildman–Crippen LogP) is 12.1. The SMILES string of the molecule is c1ccc(-c2nc(-c3ccccc3)nc(-c3cccc(-c4cccc(-c5ccc6c(c5)C5(c7ccccc7Oc7ccccc75)c5cccnc5-6)c4)c3)n2)cc1. The van der Waals surface area contributed by atoms with E-state index in [2.05, 4.69) is 109 Å². The molecule has 1 aliphatic carbocycles. The molecule has 7 aromatic carbocycles. The van der Waals surface area contributed by atoms with E-state index in [-0.39, 0.29) is 0 Å². The molecule has 56 heavy (non-hydrogen) atoms. The number of hydrogen-bond donors (Lipinski definition) is 0. The first kappa shape index (κ1) is 32.0. The molecule has 0 bridgehead atoms. The number of rotatable bonds is 5. The van der Waals surface area contributed by atoms with Gasteiger partial charge in [0, 0.05) is 39.6 Å². The molecule has 5 heteroatoms. The summed E-state index contributed by atoms with van der Waals surface area (Å²) >= 11 is 0. The summed E-state index contributed by atoms with van der Waals surface area (Å²) in [5.74, 6) is 3.65. The Morgan fingerprint density at radius 3 is 1.41 bits per heavy atom. The Morgan fingerprint density at radius 2 is 0.804 bits per heavy atom. The monoisotopic (exact) mass is 716 g/mol. The van der Waals surface area contributed by atoms with Crippen LogP contribution in [0.2, 0.25) is 0 Å². The lowest BCUT2D eigenvalue weighted by Gasteiger charge is -2.39. The van der Waals surface area contributed by atoms with Crippen LogP contribution in [0, 0.1) is 0 Å². The molecular weight excluding hydrogens is 685 g/mol. The molecule has 0 amide bonds. The van der Waals surface area contributed by atoms with Gasteiger partial charge in [0.1, 0.15) is 11.5 Å². The van der Waals surface area contributed by atoms with Gasteiger partial charge in [-0.05, 0) is 69.8 Å². The number of ether oxygens (including phenoxy) is 1. The zero-order chi connectivity index (χ0) is 37.1. The second kappa shape index (κ2) is 12.8. The van der Waals surface area contributed by atoms with Gasteiger partial charge in [-0.25, -0.2) is 15.0 Å². The van der Waals surface area contributed by atoms with Crippen LogP contribution < -0.4 is 4.74 Å². The van der Waals surface area contributed by atoms with Gasteiger partial charge in [0.15, 0.2) is 17.5 Å². The van der Waals surface area contributed by atoms with Crippen LogP contribution in [0.3, 0.4) is 0 Å². The van der Waals surface area contributed by atoms with Gasteiger partial charge in [0.05, 0.1) is 11.1 Å². The highest BCUT2D eigenvalue weighted by atomic mass is 16.5. The Labute approximate surface area is 324 Å². The molecule has 0 N–H and O–H groups in total. The van der Waals surface area contributed by atoms with Crippen molar-refractivity contribution in [1.82, 2.24) is 19.9 Å². The van der Waals surface area contributed by atoms with Crippen LogP contribution in [0.25, 0.3) is 67.7 Å². The Morgan fingerprint density at radius 1 is 0.339 bits per heavy atom. The molecular formula is C51H32N4O. The van der Waals surface area contributed by atoms with Crippen molar-refractivity contribution < 1.29 is 4.74 Å².